The van der Waals surface area contributed by atoms with Crippen LogP contribution in [0, 0.1) is 10.8 Å². The monoisotopic (exact) mass is 213 g/mol. The zero-order valence-electron chi connectivity index (χ0n) is 10.6. The van der Waals surface area contributed by atoms with Crippen LogP contribution in [0.25, 0.3) is 0 Å². The van der Waals surface area contributed by atoms with Gasteiger partial charge < -0.3 is 9.47 Å². The van der Waals surface area contributed by atoms with Gasteiger partial charge in [0, 0.05) is 30.8 Å². The summed E-state index contributed by atoms with van der Waals surface area (Å²) in [5.74, 6) is -0.481. The van der Waals surface area contributed by atoms with E-state index in [0.29, 0.717) is 0 Å². The van der Waals surface area contributed by atoms with Crippen LogP contribution < -0.4 is 0 Å². The van der Waals surface area contributed by atoms with E-state index in [1.807, 2.05) is 6.92 Å². The number of ether oxygens (including phenoxy) is 2. The van der Waals surface area contributed by atoms with Crippen molar-refractivity contribution in [1.29, 1.82) is 0 Å². The summed E-state index contributed by atoms with van der Waals surface area (Å²) >= 11 is 0. The number of fused-ring (bicyclic) bond motifs is 1. The maximum absolute atomic E-state index is 5.88. The molecule has 0 aliphatic carbocycles. The molecule has 3 nitrogen and oxygen atoms in total. The fourth-order valence-corrected chi connectivity index (χ4v) is 2.35. The third kappa shape index (κ3) is 2.19. The van der Waals surface area contributed by atoms with Crippen LogP contribution in [-0.2, 0) is 9.47 Å². The average Bonchev–Trinajstić information content (AvgIpc) is 2.07. The Morgan fingerprint density at radius 1 is 0.800 bits per heavy atom. The second-order valence-electron chi connectivity index (χ2n) is 6.66. The standard InChI is InChI=1S/C12H23NO2/c1-10(2)6-13-7-11(3,4)9-15-12(13,5)14-8-10/h6-9H2,1-5H3. The Morgan fingerprint density at radius 2 is 1.20 bits per heavy atom. The summed E-state index contributed by atoms with van der Waals surface area (Å²) in [5.41, 5.74) is 0.465. The van der Waals surface area contributed by atoms with Crippen molar-refractivity contribution in [3.05, 3.63) is 0 Å². The minimum Gasteiger partial charge on any atom is -0.337 e. The molecule has 0 radical (unpaired) electrons. The van der Waals surface area contributed by atoms with E-state index in [1.165, 1.54) is 0 Å². The van der Waals surface area contributed by atoms with E-state index in [0.717, 1.165) is 26.3 Å². The van der Waals surface area contributed by atoms with E-state index in [1.54, 1.807) is 0 Å². The minimum absolute atomic E-state index is 0.232. The molecule has 0 atom stereocenters. The lowest BCUT2D eigenvalue weighted by Crippen LogP contribution is -2.65. The summed E-state index contributed by atoms with van der Waals surface area (Å²) in [4.78, 5) is 2.33. The van der Waals surface area contributed by atoms with Crippen LogP contribution >= 0.6 is 0 Å². The summed E-state index contributed by atoms with van der Waals surface area (Å²) in [7, 11) is 0. The molecule has 0 aromatic heterocycles. The van der Waals surface area contributed by atoms with Crippen LogP contribution in [0.2, 0.25) is 0 Å². The summed E-state index contributed by atoms with van der Waals surface area (Å²) in [6, 6.07) is 0. The van der Waals surface area contributed by atoms with Crippen LogP contribution in [0.1, 0.15) is 34.6 Å². The van der Waals surface area contributed by atoms with E-state index in [2.05, 4.69) is 32.6 Å². The first-order valence-corrected chi connectivity index (χ1v) is 5.76. The predicted octanol–water partition coefficient (Wildman–Crippen LogP) is 2.07. The largest absolute Gasteiger partial charge is 0.337 e. The van der Waals surface area contributed by atoms with E-state index in [9.17, 15) is 0 Å². The normalized spacial score (nSPS) is 33.4. The van der Waals surface area contributed by atoms with Gasteiger partial charge >= 0.3 is 0 Å². The van der Waals surface area contributed by atoms with Crippen molar-refractivity contribution < 1.29 is 9.47 Å². The lowest BCUT2D eigenvalue weighted by atomic mass is 9.87. The number of hydrogen-bond donors (Lipinski definition) is 0. The molecule has 15 heavy (non-hydrogen) atoms. The molecule has 0 unspecified atom stereocenters. The minimum atomic E-state index is -0.481. The van der Waals surface area contributed by atoms with Crippen molar-refractivity contribution in [2.24, 2.45) is 10.8 Å². The molecule has 2 saturated heterocycles. The van der Waals surface area contributed by atoms with E-state index in [4.69, 9.17) is 9.47 Å². The van der Waals surface area contributed by atoms with Gasteiger partial charge in [-0.25, -0.2) is 0 Å². The van der Waals surface area contributed by atoms with Gasteiger partial charge in [-0.05, 0) is 0 Å². The van der Waals surface area contributed by atoms with Gasteiger partial charge in [0.25, 0.3) is 0 Å². The van der Waals surface area contributed by atoms with Gasteiger partial charge in [0.15, 0.2) is 0 Å². The highest BCUT2D eigenvalue weighted by molar-refractivity contribution is 4.89. The van der Waals surface area contributed by atoms with E-state index < -0.39 is 5.91 Å². The second-order valence-corrected chi connectivity index (χ2v) is 6.66. The Hall–Kier alpha value is -0.120. The fraction of sp³-hybridized carbons (Fsp3) is 1.00. The zero-order chi connectivity index (χ0) is 11.3. The number of rotatable bonds is 0. The van der Waals surface area contributed by atoms with Crippen molar-refractivity contribution in [3.63, 3.8) is 0 Å². The van der Waals surface area contributed by atoms with Gasteiger partial charge in [-0.3, -0.25) is 4.90 Å². The van der Waals surface area contributed by atoms with E-state index >= 15 is 0 Å². The summed E-state index contributed by atoms with van der Waals surface area (Å²) < 4.78 is 11.8. The summed E-state index contributed by atoms with van der Waals surface area (Å²) in [5, 5.41) is 0. The maximum atomic E-state index is 5.88. The van der Waals surface area contributed by atoms with Crippen LogP contribution in [-0.4, -0.2) is 37.1 Å². The lowest BCUT2D eigenvalue weighted by Gasteiger charge is -2.55. The molecule has 0 bridgehead atoms. The molecule has 2 aliphatic rings. The highest BCUT2D eigenvalue weighted by Gasteiger charge is 2.48. The molecule has 0 saturated carbocycles. The van der Waals surface area contributed by atoms with Gasteiger partial charge in [0.05, 0.1) is 13.2 Å². The molecule has 0 amide bonds. The van der Waals surface area contributed by atoms with Crippen molar-refractivity contribution >= 4 is 0 Å². The van der Waals surface area contributed by atoms with Gasteiger partial charge in [-0.15, -0.1) is 0 Å². The molecule has 3 heteroatoms. The van der Waals surface area contributed by atoms with Gasteiger partial charge in [-0.2, -0.15) is 0 Å². The Balaban J connectivity index is 2.15. The van der Waals surface area contributed by atoms with Crippen LogP contribution in [0.3, 0.4) is 0 Å². The summed E-state index contributed by atoms with van der Waals surface area (Å²) in [6.45, 7) is 14.7. The van der Waals surface area contributed by atoms with Gasteiger partial charge in [-0.1, -0.05) is 27.7 Å². The Morgan fingerprint density at radius 3 is 1.60 bits per heavy atom. The highest BCUT2D eigenvalue weighted by Crippen LogP contribution is 2.39. The first-order valence-electron chi connectivity index (χ1n) is 5.76. The second kappa shape index (κ2) is 3.19. The SMILES string of the molecule is CC1(C)COC2(C)OCC(C)(C)CN2C1. The number of nitrogens with zero attached hydrogens (tertiary/aromatic N) is 1. The van der Waals surface area contributed by atoms with Crippen molar-refractivity contribution in [3.8, 4) is 0 Å². The molecule has 2 fully saturated rings. The zero-order valence-corrected chi connectivity index (χ0v) is 10.6. The predicted molar refractivity (Wildman–Crippen MR) is 59.4 cm³/mol. The molecule has 2 rings (SSSR count). The maximum Gasteiger partial charge on any atom is 0.227 e. The Labute approximate surface area is 92.7 Å². The number of hydrogen-bond acceptors (Lipinski definition) is 3. The third-order valence-electron chi connectivity index (χ3n) is 3.27. The van der Waals surface area contributed by atoms with Crippen LogP contribution in [0.15, 0.2) is 0 Å². The molecule has 0 aromatic carbocycles. The van der Waals surface area contributed by atoms with Crippen LogP contribution in [0.5, 0.6) is 0 Å². The molecule has 2 aliphatic heterocycles. The molecular formula is C12H23NO2. The highest BCUT2D eigenvalue weighted by atomic mass is 16.7. The van der Waals surface area contributed by atoms with Crippen molar-refractivity contribution in [2.75, 3.05) is 26.3 Å². The Bertz CT molecular complexity index is 238. The van der Waals surface area contributed by atoms with Gasteiger partial charge in [0.2, 0.25) is 5.91 Å². The first kappa shape index (κ1) is 11.4. The smallest absolute Gasteiger partial charge is 0.227 e. The molecule has 0 N–H and O–H groups in total. The molecule has 88 valence electrons. The topological polar surface area (TPSA) is 21.7 Å². The van der Waals surface area contributed by atoms with E-state index in [-0.39, 0.29) is 10.8 Å². The van der Waals surface area contributed by atoms with Crippen molar-refractivity contribution in [1.82, 2.24) is 4.90 Å². The quantitative estimate of drug-likeness (QED) is 0.615. The fourth-order valence-electron chi connectivity index (χ4n) is 2.35. The van der Waals surface area contributed by atoms with Gasteiger partial charge in [0.1, 0.15) is 0 Å². The molecule has 2 heterocycles. The lowest BCUT2D eigenvalue weighted by molar-refractivity contribution is -0.374. The van der Waals surface area contributed by atoms with Crippen molar-refractivity contribution in [2.45, 2.75) is 40.5 Å². The molecular weight excluding hydrogens is 190 g/mol. The average molecular weight is 213 g/mol. The summed E-state index contributed by atoms with van der Waals surface area (Å²) in [6.07, 6.45) is 0. The molecule has 0 spiro atoms. The van der Waals surface area contributed by atoms with Crippen LogP contribution in [0.4, 0.5) is 0 Å². The third-order valence-corrected chi connectivity index (χ3v) is 3.27. The first-order chi connectivity index (χ1) is 6.73. The molecule has 0 aromatic rings. The Kier molecular flexibility index (Phi) is 2.42.